The maximum Gasteiger partial charge on any atom is 0.0754 e. The Morgan fingerprint density at radius 2 is 1.93 bits per heavy atom. The minimum Gasteiger partial charge on any atom is -0.371 e. The molecule has 2 rings (SSSR count). The predicted octanol–water partition coefficient (Wildman–Crippen LogP) is 1.94. The van der Waals surface area contributed by atoms with Gasteiger partial charge in [-0.2, -0.15) is 0 Å². The van der Waals surface area contributed by atoms with E-state index in [9.17, 15) is 0 Å². The second-order valence-corrected chi connectivity index (χ2v) is 4.52. The first-order valence-electron chi connectivity index (χ1n) is 5.47. The highest BCUT2D eigenvalue weighted by atomic mass is 15.4. The molecule has 0 radical (unpaired) electrons. The van der Waals surface area contributed by atoms with Crippen molar-refractivity contribution in [1.82, 2.24) is 0 Å². The molecule has 0 saturated carbocycles. The van der Waals surface area contributed by atoms with Crippen LogP contribution in [-0.2, 0) is 0 Å². The smallest absolute Gasteiger partial charge is 0.0754 e. The Bertz CT molecular complexity index is 360. The molecule has 0 saturated heterocycles. The van der Waals surface area contributed by atoms with Crippen LogP contribution < -0.4 is 15.8 Å². The SMILES string of the molecule is CC(C)c1ccc2c(c1)N(N)CCN2C. The summed E-state index contributed by atoms with van der Waals surface area (Å²) in [5.74, 6) is 6.54. The lowest BCUT2D eigenvalue weighted by Crippen LogP contribution is -2.43. The van der Waals surface area contributed by atoms with Gasteiger partial charge in [-0.15, -0.1) is 0 Å². The molecular formula is C12H19N3. The van der Waals surface area contributed by atoms with Gasteiger partial charge in [0, 0.05) is 13.6 Å². The van der Waals surface area contributed by atoms with Crippen molar-refractivity contribution in [3.05, 3.63) is 23.8 Å². The largest absolute Gasteiger partial charge is 0.371 e. The van der Waals surface area contributed by atoms with Gasteiger partial charge in [0.1, 0.15) is 0 Å². The molecule has 0 unspecified atom stereocenters. The Morgan fingerprint density at radius 3 is 2.60 bits per heavy atom. The Labute approximate surface area is 91.4 Å². The van der Waals surface area contributed by atoms with Gasteiger partial charge in [-0.3, -0.25) is 0 Å². The third-order valence-corrected chi connectivity index (χ3v) is 3.06. The zero-order chi connectivity index (χ0) is 11.0. The highest BCUT2D eigenvalue weighted by Gasteiger charge is 2.18. The minimum absolute atomic E-state index is 0.552. The fraction of sp³-hybridized carbons (Fsp3) is 0.500. The lowest BCUT2D eigenvalue weighted by atomic mass is 10.0. The summed E-state index contributed by atoms with van der Waals surface area (Å²) < 4.78 is 0. The number of nitrogens with two attached hydrogens (primary N) is 1. The van der Waals surface area contributed by atoms with Gasteiger partial charge in [0.15, 0.2) is 0 Å². The quantitative estimate of drug-likeness (QED) is 0.711. The summed E-state index contributed by atoms with van der Waals surface area (Å²) in [6, 6.07) is 6.57. The molecule has 1 aromatic carbocycles. The number of anilines is 2. The summed E-state index contributed by atoms with van der Waals surface area (Å²) in [5.41, 5.74) is 3.72. The van der Waals surface area contributed by atoms with Crippen LogP contribution in [0.4, 0.5) is 11.4 Å². The molecule has 3 heteroatoms. The van der Waals surface area contributed by atoms with Crippen molar-refractivity contribution >= 4 is 11.4 Å². The minimum atomic E-state index is 0.552. The molecule has 0 spiro atoms. The van der Waals surface area contributed by atoms with E-state index in [1.165, 1.54) is 11.3 Å². The van der Waals surface area contributed by atoms with Gasteiger partial charge in [0.2, 0.25) is 0 Å². The van der Waals surface area contributed by atoms with Gasteiger partial charge < -0.3 is 9.91 Å². The first-order valence-corrected chi connectivity index (χ1v) is 5.47. The highest BCUT2D eigenvalue weighted by Crippen LogP contribution is 2.33. The molecule has 0 fully saturated rings. The van der Waals surface area contributed by atoms with Crippen molar-refractivity contribution in [3.63, 3.8) is 0 Å². The standard InChI is InChI=1S/C12H19N3/c1-9(2)10-4-5-11-12(8-10)15(13)7-6-14(11)3/h4-5,8-9H,6-7,13H2,1-3H3. The predicted molar refractivity (Wildman–Crippen MR) is 65.3 cm³/mol. The lowest BCUT2D eigenvalue weighted by Gasteiger charge is -2.34. The molecule has 1 aromatic rings. The summed E-state index contributed by atoms with van der Waals surface area (Å²) in [6.07, 6.45) is 0. The molecule has 15 heavy (non-hydrogen) atoms. The Morgan fingerprint density at radius 1 is 1.20 bits per heavy atom. The van der Waals surface area contributed by atoms with Gasteiger partial charge in [-0.05, 0) is 23.6 Å². The summed E-state index contributed by atoms with van der Waals surface area (Å²) in [4.78, 5) is 2.25. The van der Waals surface area contributed by atoms with Gasteiger partial charge in [0.05, 0.1) is 17.9 Å². The Balaban J connectivity index is 2.45. The number of fused-ring (bicyclic) bond motifs is 1. The zero-order valence-electron chi connectivity index (χ0n) is 9.70. The molecule has 0 aliphatic carbocycles. The number of hydrogen-bond donors (Lipinski definition) is 1. The van der Waals surface area contributed by atoms with Crippen molar-refractivity contribution in [2.24, 2.45) is 5.84 Å². The van der Waals surface area contributed by atoms with Crippen molar-refractivity contribution in [2.45, 2.75) is 19.8 Å². The first-order chi connectivity index (χ1) is 7.09. The number of rotatable bonds is 1. The molecule has 0 bridgehead atoms. The molecule has 1 aliphatic heterocycles. The average molecular weight is 205 g/mol. The average Bonchev–Trinajstić information content (AvgIpc) is 2.23. The second kappa shape index (κ2) is 3.74. The highest BCUT2D eigenvalue weighted by molar-refractivity contribution is 5.73. The van der Waals surface area contributed by atoms with E-state index in [-0.39, 0.29) is 0 Å². The molecule has 0 amide bonds. The fourth-order valence-corrected chi connectivity index (χ4v) is 1.95. The van der Waals surface area contributed by atoms with Gasteiger partial charge >= 0.3 is 0 Å². The molecule has 1 aliphatic rings. The zero-order valence-corrected chi connectivity index (χ0v) is 9.70. The third kappa shape index (κ3) is 1.79. The van der Waals surface area contributed by atoms with Crippen LogP contribution in [0.2, 0.25) is 0 Å². The van der Waals surface area contributed by atoms with Crippen LogP contribution >= 0.6 is 0 Å². The first kappa shape index (κ1) is 10.3. The van der Waals surface area contributed by atoms with Crippen LogP contribution in [0.1, 0.15) is 25.3 Å². The van der Waals surface area contributed by atoms with E-state index in [0.29, 0.717) is 5.92 Å². The third-order valence-electron chi connectivity index (χ3n) is 3.06. The molecule has 1 heterocycles. The van der Waals surface area contributed by atoms with Gasteiger partial charge in [0.25, 0.3) is 0 Å². The van der Waals surface area contributed by atoms with E-state index in [1.807, 2.05) is 5.01 Å². The fourth-order valence-electron chi connectivity index (χ4n) is 1.95. The van der Waals surface area contributed by atoms with E-state index < -0.39 is 0 Å². The van der Waals surface area contributed by atoms with E-state index in [0.717, 1.165) is 18.8 Å². The molecule has 3 nitrogen and oxygen atoms in total. The molecule has 0 aromatic heterocycles. The number of likely N-dealkylation sites (N-methyl/N-ethyl adjacent to an activating group) is 1. The van der Waals surface area contributed by atoms with Crippen LogP contribution in [0.5, 0.6) is 0 Å². The van der Waals surface area contributed by atoms with Crippen molar-refractivity contribution in [1.29, 1.82) is 0 Å². The van der Waals surface area contributed by atoms with E-state index >= 15 is 0 Å². The van der Waals surface area contributed by atoms with Crippen molar-refractivity contribution in [3.8, 4) is 0 Å². The van der Waals surface area contributed by atoms with Crippen LogP contribution in [0.3, 0.4) is 0 Å². The maximum atomic E-state index is 5.98. The Kier molecular flexibility index (Phi) is 2.57. The van der Waals surface area contributed by atoms with Crippen molar-refractivity contribution in [2.75, 3.05) is 30.0 Å². The molecular weight excluding hydrogens is 186 g/mol. The summed E-state index contributed by atoms with van der Waals surface area (Å²) in [6.45, 7) is 6.29. The van der Waals surface area contributed by atoms with E-state index in [1.54, 1.807) is 0 Å². The second-order valence-electron chi connectivity index (χ2n) is 4.52. The molecule has 82 valence electrons. The number of benzene rings is 1. The lowest BCUT2D eigenvalue weighted by molar-refractivity contribution is 0.758. The summed E-state index contributed by atoms with van der Waals surface area (Å²) >= 11 is 0. The normalized spacial score (nSPS) is 15.8. The number of hydrazine groups is 1. The number of hydrogen-bond acceptors (Lipinski definition) is 3. The van der Waals surface area contributed by atoms with Crippen LogP contribution in [0.15, 0.2) is 18.2 Å². The summed E-state index contributed by atoms with van der Waals surface area (Å²) in [7, 11) is 2.11. The van der Waals surface area contributed by atoms with Gasteiger partial charge in [-0.1, -0.05) is 19.9 Å². The molecule has 0 atom stereocenters. The van der Waals surface area contributed by atoms with E-state index in [4.69, 9.17) is 5.84 Å². The van der Waals surface area contributed by atoms with Crippen LogP contribution in [-0.4, -0.2) is 20.1 Å². The number of nitrogens with zero attached hydrogens (tertiary/aromatic N) is 2. The van der Waals surface area contributed by atoms with E-state index in [2.05, 4.69) is 44.0 Å². The van der Waals surface area contributed by atoms with Crippen LogP contribution in [0, 0.1) is 0 Å². The topological polar surface area (TPSA) is 32.5 Å². The van der Waals surface area contributed by atoms with Gasteiger partial charge in [-0.25, -0.2) is 5.84 Å². The summed E-state index contributed by atoms with van der Waals surface area (Å²) in [5, 5.41) is 1.85. The maximum absolute atomic E-state index is 5.98. The van der Waals surface area contributed by atoms with Crippen LogP contribution in [0.25, 0.3) is 0 Å². The Hall–Kier alpha value is -1.22. The monoisotopic (exact) mass is 205 g/mol. The molecule has 2 N–H and O–H groups in total. The van der Waals surface area contributed by atoms with Crippen molar-refractivity contribution < 1.29 is 0 Å².